The van der Waals surface area contributed by atoms with Crippen LogP contribution < -0.4 is 10.0 Å². The molecule has 0 fully saturated rings. The third-order valence-corrected chi connectivity index (χ3v) is 5.72. The first-order valence-corrected chi connectivity index (χ1v) is 10.2. The Kier molecular flexibility index (Phi) is 5.91. The van der Waals surface area contributed by atoms with Crippen LogP contribution in [-0.4, -0.2) is 19.5 Å². The van der Waals surface area contributed by atoms with Crippen molar-refractivity contribution in [3.05, 3.63) is 82.7 Å². The van der Waals surface area contributed by atoms with Gasteiger partial charge >= 0.3 is 0 Å². The topological polar surface area (TPSA) is 101 Å². The van der Waals surface area contributed by atoms with Crippen molar-refractivity contribution in [1.82, 2.24) is 15.2 Å². The first kappa shape index (κ1) is 19.8. The predicted molar refractivity (Wildman–Crippen MR) is 104 cm³/mol. The molecule has 0 aliphatic heterocycles. The highest BCUT2D eigenvalue weighted by molar-refractivity contribution is 7.89. The highest BCUT2D eigenvalue weighted by Gasteiger charge is 2.17. The van der Waals surface area contributed by atoms with Crippen molar-refractivity contribution in [3.8, 4) is 0 Å². The zero-order valence-corrected chi connectivity index (χ0v) is 16.4. The summed E-state index contributed by atoms with van der Waals surface area (Å²) in [5.41, 5.74) is 2.62. The van der Waals surface area contributed by atoms with Gasteiger partial charge in [0, 0.05) is 24.2 Å². The lowest BCUT2D eigenvalue weighted by molar-refractivity contribution is 0.0950. The minimum atomic E-state index is -3.74. The van der Waals surface area contributed by atoms with E-state index in [-0.39, 0.29) is 29.5 Å². The third kappa shape index (κ3) is 4.65. The molecule has 0 aliphatic rings. The van der Waals surface area contributed by atoms with Crippen molar-refractivity contribution < 1.29 is 17.7 Å². The number of rotatable bonds is 7. The summed E-state index contributed by atoms with van der Waals surface area (Å²) >= 11 is 0. The Morgan fingerprint density at radius 3 is 2.46 bits per heavy atom. The molecule has 3 aromatic rings. The molecule has 0 aliphatic carbocycles. The van der Waals surface area contributed by atoms with Gasteiger partial charge in [0.2, 0.25) is 10.0 Å². The molecule has 0 saturated heterocycles. The number of aromatic nitrogens is 1. The monoisotopic (exact) mass is 399 g/mol. The second kappa shape index (κ2) is 8.37. The average Bonchev–Trinajstić information content (AvgIpc) is 3.03. The summed E-state index contributed by atoms with van der Waals surface area (Å²) in [6.07, 6.45) is 0. The first-order valence-electron chi connectivity index (χ1n) is 8.70. The standard InChI is InChI=1S/C20H21N3O4S/c1-14-19(15(2)27-23-14)13-21-20(24)17-9-6-10-18(11-17)28(25,26)22-12-16-7-4-3-5-8-16/h3-11,22H,12-13H2,1-2H3,(H,21,24). The number of hydrogen-bond donors (Lipinski definition) is 2. The number of hydrogen-bond acceptors (Lipinski definition) is 5. The molecule has 8 heteroatoms. The zero-order chi connectivity index (χ0) is 20.1. The Hall–Kier alpha value is -2.97. The summed E-state index contributed by atoms with van der Waals surface area (Å²) in [6, 6.07) is 15.1. The van der Waals surface area contributed by atoms with Gasteiger partial charge in [-0.05, 0) is 37.6 Å². The van der Waals surface area contributed by atoms with Gasteiger partial charge in [0.1, 0.15) is 5.76 Å². The number of benzene rings is 2. The molecular weight excluding hydrogens is 378 g/mol. The molecule has 1 amide bonds. The lowest BCUT2D eigenvalue weighted by Crippen LogP contribution is -2.25. The lowest BCUT2D eigenvalue weighted by Gasteiger charge is -2.09. The molecule has 1 heterocycles. The van der Waals surface area contributed by atoms with Crippen molar-refractivity contribution in [3.63, 3.8) is 0 Å². The Morgan fingerprint density at radius 2 is 1.79 bits per heavy atom. The zero-order valence-electron chi connectivity index (χ0n) is 15.6. The van der Waals surface area contributed by atoms with Crippen LogP contribution in [0.5, 0.6) is 0 Å². The van der Waals surface area contributed by atoms with Gasteiger partial charge in [0.15, 0.2) is 0 Å². The summed E-state index contributed by atoms with van der Waals surface area (Å²) < 4.78 is 32.7. The Balaban J connectivity index is 1.69. The number of aryl methyl sites for hydroxylation is 2. The van der Waals surface area contributed by atoms with Crippen LogP contribution in [0.15, 0.2) is 64.0 Å². The van der Waals surface area contributed by atoms with Gasteiger partial charge in [-0.3, -0.25) is 4.79 Å². The molecular formula is C20H21N3O4S. The molecule has 0 bridgehead atoms. The second-order valence-electron chi connectivity index (χ2n) is 6.32. The largest absolute Gasteiger partial charge is 0.361 e. The molecule has 0 spiro atoms. The number of nitrogens with one attached hydrogen (secondary N) is 2. The van der Waals surface area contributed by atoms with Crippen molar-refractivity contribution >= 4 is 15.9 Å². The normalized spacial score (nSPS) is 11.4. The predicted octanol–water partition coefficient (Wildman–Crippen LogP) is 2.70. The summed E-state index contributed by atoms with van der Waals surface area (Å²) in [5, 5.41) is 6.61. The van der Waals surface area contributed by atoms with E-state index < -0.39 is 10.0 Å². The lowest BCUT2D eigenvalue weighted by atomic mass is 10.2. The molecule has 2 aromatic carbocycles. The van der Waals surface area contributed by atoms with E-state index in [0.717, 1.165) is 11.1 Å². The minimum absolute atomic E-state index is 0.0356. The van der Waals surface area contributed by atoms with Gasteiger partial charge in [-0.15, -0.1) is 0 Å². The number of nitrogens with zero attached hydrogens (tertiary/aromatic N) is 1. The highest BCUT2D eigenvalue weighted by Crippen LogP contribution is 2.14. The van der Waals surface area contributed by atoms with Crippen LogP contribution in [0.2, 0.25) is 0 Å². The van der Waals surface area contributed by atoms with E-state index in [0.29, 0.717) is 11.5 Å². The molecule has 7 nitrogen and oxygen atoms in total. The van der Waals surface area contributed by atoms with Crippen molar-refractivity contribution in [2.45, 2.75) is 31.8 Å². The van der Waals surface area contributed by atoms with Crippen LogP contribution in [0.4, 0.5) is 0 Å². The smallest absolute Gasteiger partial charge is 0.251 e. The molecule has 3 rings (SSSR count). The minimum Gasteiger partial charge on any atom is -0.361 e. The molecule has 0 saturated carbocycles. The fourth-order valence-electron chi connectivity index (χ4n) is 2.69. The van der Waals surface area contributed by atoms with Crippen LogP contribution in [0.25, 0.3) is 0 Å². The fraction of sp³-hybridized carbons (Fsp3) is 0.200. The van der Waals surface area contributed by atoms with Crippen LogP contribution in [0.3, 0.4) is 0 Å². The van der Waals surface area contributed by atoms with Crippen molar-refractivity contribution in [2.75, 3.05) is 0 Å². The Labute approximate surface area is 163 Å². The quantitative estimate of drug-likeness (QED) is 0.636. The van der Waals surface area contributed by atoms with E-state index in [1.165, 1.54) is 12.1 Å². The van der Waals surface area contributed by atoms with Gasteiger partial charge in [0.25, 0.3) is 5.91 Å². The van der Waals surface area contributed by atoms with Crippen LogP contribution in [-0.2, 0) is 23.1 Å². The summed E-state index contributed by atoms with van der Waals surface area (Å²) in [5.74, 6) is 0.263. The van der Waals surface area contributed by atoms with E-state index in [4.69, 9.17) is 4.52 Å². The molecule has 2 N–H and O–H groups in total. The van der Waals surface area contributed by atoms with Crippen molar-refractivity contribution in [1.29, 1.82) is 0 Å². The van der Waals surface area contributed by atoms with Crippen LogP contribution >= 0.6 is 0 Å². The maximum Gasteiger partial charge on any atom is 0.251 e. The Morgan fingerprint density at radius 1 is 1.04 bits per heavy atom. The van der Waals surface area contributed by atoms with E-state index in [1.807, 2.05) is 30.3 Å². The number of carbonyl (C=O) groups is 1. The van der Waals surface area contributed by atoms with E-state index >= 15 is 0 Å². The third-order valence-electron chi connectivity index (χ3n) is 4.32. The molecule has 0 atom stereocenters. The van der Waals surface area contributed by atoms with E-state index in [2.05, 4.69) is 15.2 Å². The summed E-state index contributed by atoms with van der Waals surface area (Å²) in [6.45, 7) is 3.99. The molecule has 28 heavy (non-hydrogen) atoms. The fourth-order valence-corrected chi connectivity index (χ4v) is 3.75. The first-order chi connectivity index (χ1) is 13.4. The number of carbonyl (C=O) groups excluding carboxylic acids is 1. The maximum atomic E-state index is 12.6. The number of sulfonamides is 1. The average molecular weight is 399 g/mol. The van der Waals surface area contributed by atoms with Crippen LogP contribution in [0, 0.1) is 13.8 Å². The highest BCUT2D eigenvalue weighted by atomic mass is 32.2. The Bertz CT molecular complexity index is 1060. The van der Waals surface area contributed by atoms with Gasteiger partial charge in [-0.25, -0.2) is 13.1 Å². The van der Waals surface area contributed by atoms with Crippen molar-refractivity contribution in [2.24, 2.45) is 0 Å². The van der Waals surface area contributed by atoms with Gasteiger partial charge in [-0.1, -0.05) is 41.6 Å². The molecule has 0 unspecified atom stereocenters. The van der Waals surface area contributed by atoms with Gasteiger partial charge in [-0.2, -0.15) is 0 Å². The SMILES string of the molecule is Cc1noc(C)c1CNC(=O)c1cccc(S(=O)(=O)NCc2ccccc2)c1. The van der Waals surface area contributed by atoms with E-state index in [1.54, 1.807) is 26.0 Å². The molecule has 0 radical (unpaired) electrons. The second-order valence-corrected chi connectivity index (χ2v) is 8.09. The number of amides is 1. The van der Waals surface area contributed by atoms with Gasteiger partial charge < -0.3 is 9.84 Å². The maximum absolute atomic E-state index is 12.6. The van der Waals surface area contributed by atoms with E-state index in [9.17, 15) is 13.2 Å². The molecule has 146 valence electrons. The molecule has 1 aromatic heterocycles. The van der Waals surface area contributed by atoms with Crippen LogP contribution in [0.1, 0.15) is 32.9 Å². The summed E-state index contributed by atoms with van der Waals surface area (Å²) in [7, 11) is -3.74. The summed E-state index contributed by atoms with van der Waals surface area (Å²) in [4.78, 5) is 12.5. The van der Waals surface area contributed by atoms with Gasteiger partial charge in [0.05, 0.1) is 10.6 Å².